The molecule has 0 heterocycles. The van der Waals surface area contributed by atoms with E-state index in [2.05, 4.69) is 0 Å². The molecule has 0 fully saturated rings. The zero-order chi connectivity index (χ0) is 24.4. The van der Waals surface area contributed by atoms with E-state index in [1.54, 1.807) is 54.6 Å². The van der Waals surface area contributed by atoms with Crippen LogP contribution in [0.15, 0.2) is 72.8 Å². The maximum atomic E-state index is 13.3. The van der Waals surface area contributed by atoms with Crippen LogP contribution in [0.1, 0.15) is 68.6 Å². The third-order valence-electron chi connectivity index (χ3n) is 5.17. The Morgan fingerprint density at radius 1 is 0.735 bits per heavy atom. The number of rotatable bonds is 6. The van der Waals surface area contributed by atoms with Crippen LogP contribution in [0.25, 0.3) is 0 Å². The molecule has 5 nitrogen and oxygen atoms in total. The van der Waals surface area contributed by atoms with Crippen LogP contribution in [-0.4, -0.2) is 5.78 Å². The fourth-order valence-corrected chi connectivity index (χ4v) is 4.31. The summed E-state index contributed by atoms with van der Waals surface area (Å²) in [5.74, 6) is 0.235. The van der Waals surface area contributed by atoms with Crippen LogP contribution in [0.4, 0.5) is 0 Å². The van der Waals surface area contributed by atoms with Gasteiger partial charge in [0, 0.05) is 22.3 Å². The van der Waals surface area contributed by atoms with Gasteiger partial charge in [0.05, 0.1) is 0 Å². The molecule has 0 amide bonds. The molecule has 0 aliphatic rings. The molecule has 0 spiro atoms. The normalized spacial score (nSPS) is 13.4. The SMILES string of the molecule is CC(C)(C)c1cc(C(=O)c2ccccc2)cc(C(C)(C)C)c1OP(=O)([O-])Oc1ccccc1.[Na+]. The molecule has 0 aliphatic carbocycles. The number of hydrogen-bond donors (Lipinski definition) is 0. The molecule has 34 heavy (non-hydrogen) atoms. The van der Waals surface area contributed by atoms with Crippen LogP contribution in [0.2, 0.25) is 0 Å². The molecule has 0 N–H and O–H groups in total. The molecular weight excluding hydrogens is 458 g/mol. The average molecular weight is 488 g/mol. The molecule has 0 saturated heterocycles. The Balaban J connectivity index is 0.00000408. The minimum Gasteiger partial charge on any atom is -0.736 e. The van der Waals surface area contributed by atoms with E-state index in [9.17, 15) is 14.3 Å². The Labute approximate surface area is 224 Å². The molecule has 3 aromatic rings. The van der Waals surface area contributed by atoms with E-state index in [4.69, 9.17) is 9.05 Å². The number of ketones is 1. The van der Waals surface area contributed by atoms with Crippen molar-refractivity contribution in [2.45, 2.75) is 52.4 Å². The molecule has 1 atom stereocenters. The van der Waals surface area contributed by atoms with Gasteiger partial charge in [-0.3, -0.25) is 4.79 Å². The van der Waals surface area contributed by atoms with Gasteiger partial charge in [0.25, 0.3) is 0 Å². The van der Waals surface area contributed by atoms with Crippen LogP contribution < -0.4 is 43.5 Å². The molecule has 174 valence electrons. The molecule has 7 heteroatoms. The van der Waals surface area contributed by atoms with E-state index in [1.807, 2.05) is 59.7 Å². The average Bonchev–Trinajstić information content (AvgIpc) is 2.72. The van der Waals surface area contributed by atoms with E-state index >= 15 is 0 Å². The second kappa shape index (κ2) is 10.8. The van der Waals surface area contributed by atoms with E-state index in [1.165, 1.54) is 0 Å². The number of carbonyl (C=O) groups excluding carboxylic acids is 1. The summed E-state index contributed by atoms with van der Waals surface area (Å²) < 4.78 is 23.7. The number of benzene rings is 3. The van der Waals surface area contributed by atoms with Crippen molar-refractivity contribution in [3.63, 3.8) is 0 Å². The van der Waals surface area contributed by atoms with Crippen molar-refractivity contribution >= 4 is 13.6 Å². The fraction of sp³-hybridized carbons (Fsp3) is 0.296. The van der Waals surface area contributed by atoms with Crippen LogP contribution in [-0.2, 0) is 15.4 Å². The van der Waals surface area contributed by atoms with Crippen LogP contribution in [0, 0.1) is 0 Å². The summed E-state index contributed by atoms with van der Waals surface area (Å²) in [6, 6.07) is 20.7. The third kappa shape index (κ3) is 7.07. The maximum Gasteiger partial charge on any atom is 1.00 e. The van der Waals surface area contributed by atoms with Gasteiger partial charge in [-0.25, -0.2) is 4.57 Å². The van der Waals surface area contributed by atoms with Gasteiger partial charge in [-0.15, -0.1) is 0 Å². The van der Waals surface area contributed by atoms with Gasteiger partial charge in [0.2, 0.25) is 0 Å². The zero-order valence-electron chi connectivity index (χ0n) is 20.9. The predicted octanol–water partition coefficient (Wildman–Crippen LogP) is 3.44. The van der Waals surface area contributed by atoms with Crippen LogP contribution in [0.3, 0.4) is 0 Å². The largest absolute Gasteiger partial charge is 1.00 e. The molecule has 0 aliphatic heterocycles. The molecule has 0 aromatic heterocycles. The summed E-state index contributed by atoms with van der Waals surface area (Å²) in [7, 11) is -4.76. The van der Waals surface area contributed by atoms with Gasteiger partial charge in [-0.05, 0) is 35.1 Å². The standard InChI is InChI=1S/C27H31O5P.Na/c1-26(2,3)22-17-20(24(28)19-13-9-7-10-14-19)18-23(27(4,5)6)25(22)32-33(29,30)31-21-15-11-8-12-16-21;/h7-18H,1-6H3,(H,29,30);/q;+1/p-1. The number of hydrogen-bond acceptors (Lipinski definition) is 5. The van der Waals surface area contributed by atoms with Gasteiger partial charge in [0.1, 0.15) is 11.5 Å². The van der Waals surface area contributed by atoms with Crippen molar-refractivity contribution in [2.75, 3.05) is 0 Å². The summed E-state index contributed by atoms with van der Waals surface area (Å²) in [6.07, 6.45) is 0. The fourth-order valence-electron chi connectivity index (χ4n) is 3.47. The molecule has 1 unspecified atom stereocenters. The maximum absolute atomic E-state index is 13.3. The monoisotopic (exact) mass is 488 g/mol. The molecule has 0 saturated carbocycles. The first-order chi connectivity index (χ1) is 15.3. The topological polar surface area (TPSA) is 75.7 Å². The Kier molecular flexibility index (Phi) is 9.01. The summed E-state index contributed by atoms with van der Waals surface area (Å²) in [6.45, 7) is 11.7. The zero-order valence-corrected chi connectivity index (χ0v) is 23.8. The van der Waals surface area contributed by atoms with Crippen molar-refractivity contribution in [1.29, 1.82) is 0 Å². The van der Waals surface area contributed by atoms with Crippen molar-refractivity contribution in [3.05, 3.63) is 95.1 Å². The van der Waals surface area contributed by atoms with E-state index in [0.29, 0.717) is 22.3 Å². The van der Waals surface area contributed by atoms with Gasteiger partial charge >= 0.3 is 37.4 Å². The van der Waals surface area contributed by atoms with Gasteiger partial charge in [0.15, 0.2) is 5.78 Å². The van der Waals surface area contributed by atoms with Gasteiger partial charge in [-0.1, -0.05) is 90.1 Å². The predicted molar refractivity (Wildman–Crippen MR) is 129 cm³/mol. The summed E-state index contributed by atoms with van der Waals surface area (Å²) >= 11 is 0. The van der Waals surface area contributed by atoms with Gasteiger partial charge in [-0.2, -0.15) is 0 Å². The first kappa shape index (κ1) is 28.4. The minimum absolute atomic E-state index is 0. The van der Waals surface area contributed by atoms with Crippen molar-refractivity contribution in [3.8, 4) is 11.5 Å². The Morgan fingerprint density at radius 2 is 1.18 bits per heavy atom. The van der Waals surface area contributed by atoms with Crippen LogP contribution in [0.5, 0.6) is 11.5 Å². The number of carbonyl (C=O) groups is 1. The quantitative estimate of drug-likeness (QED) is 0.302. The van der Waals surface area contributed by atoms with E-state index in [-0.39, 0.29) is 46.8 Å². The summed E-state index contributed by atoms with van der Waals surface area (Å²) in [5.41, 5.74) is 1.26. The Bertz CT molecular complexity index is 1140. The molecule has 3 aromatic carbocycles. The molecule has 0 radical (unpaired) electrons. The summed E-state index contributed by atoms with van der Waals surface area (Å²) in [4.78, 5) is 26.1. The Hall–Kier alpha value is -1.88. The molecule has 3 rings (SSSR count). The first-order valence-corrected chi connectivity index (χ1v) is 12.3. The molecular formula is C27H30NaO5P. The Morgan fingerprint density at radius 3 is 1.62 bits per heavy atom. The van der Waals surface area contributed by atoms with Crippen molar-refractivity contribution in [1.82, 2.24) is 0 Å². The number of para-hydroxylation sites is 1. The molecule has 0 bridgehead atoms. The number of phosphoric acid groups is 1. The second-order valence-corrected chi connectivity index (χ2v) is 11.3. The third-order valence-corrected chi connectivity index (χ3v) is 6.01. The summed E-state index contributed by atoms with van der Waals surface area (Å²) in [5, 5.41) is 0. The smallest absolute Gasteiger partial charge is 0.736 e. The second-order valence-electron chi connectivity index (χ2n) is 10.0. The van der Waals surface area contributed by atoms with Crippen LogP contribution >= 0.6 is 7.82 Å². The van der Waals surface area contributed by atoms with E-state index < -0.39 is 18.7 Å². The van der Waals surface area contributed by atoms with Crippen molar-refractivity contribution < 1.29 is 52.9 Å². The number of phosphoric ester groups is 1. The van der Waals surface area contributed by atoms with Gasteiger partial charge < -0.3 is 13.9 Å². The van der Waals surface area contributed by atoms with Crippen molar-refractivity contribution in [2.24, 2.45) is 0 Å². The first-order valence-electron chi connectivity index (χ1n) is 10.8. The van der Waals surface area contributed by atoms with E-state index in [0.717, 1.165) is 0 Å². The minimum atomic E-state index is -4.76.